The van der Waals surface area contributed by atoms with Crippen molar-refractivity contribution in [2.75, 3.05) is 13.2 Å². The quantitative estimate of drug-likeness (QED) is 0.648. The Kier molecular flexibility index (Phi) is 5.18. The van der Waals surface area contributed by atoms with E-state index in [0.29, 0.717) is 11.3 Å². The van der Waals surface area contributed by atoms with Gasteiger partial charge < -0.3 is 9.84 Å². The van der Waals surface area contributed by atoms with Crippen LogP contribution in [-0.2, 0) is 17.3 Å². The van der Waals surface area contributed by atoms with Gasteiger partial charge in [0.15, 0.2) is 5.69 Å². The lowest BCUT2D eigenvalue weighted by molar-refractivity contribution is -0.141. The van der Waals surface area contributed by atoms with Crippen LogP contribution in [0.3, 0.4) is 0 Å². The molecule has 1 aromatic rings. The summed E-state index contributed by atoms with van der Waals surface area (Å²) < 4.78 is 65.3. The Labute approximate surface area is 107 Å². The number of aromatic carboxylic acids is 1. The first-order valence-electron chi connectivity index (χ1n) is 4.88. The van der Waals surface area contributed by atoms with Crippen molar-refractivity contribution in [3.63, 3.8) is 0 Å². The van der Waals surface area contributed by atoms with E-state index in [-0.39, 0.29) is 18.0 Å². The van der Waals surface area contributed by atoms with E-state index in [9.17, 15) is 26.7 Å². The molecule has 10 heteroatoms. The Morgan fingerprint density at radius 3 is 2.47 bits per heavy atom. The van der Waals surface area contributed by atoms with Crippen molar-refractivity contribution in [3.05, 3.63) is 15.6 Å². The summed E-state index contributed by atoms with van der Waals surface area (Å²) in [5.74, 6) is -1.73. The summed E-state index contributed by atoms with van der Waals surface area (Å²) in [6.07, 6.45) is -7.70. The van der Waals surface area contributed by atoms with Crippen LogP contribution in [0.25, 0.3) is 0 Å². The number of thiazole rings is 1. The van der Waals surface area contributed by atoms with Crippen molar-refractivity contribution in [2.24, 2.45) is 0 Å². The van der Waals surface area contributed by atoms with E-state index in [4.69, 9.17) is 5.11 Å². The minimum absolute atomic E-state index is 0.126. The molecule has 0 spiro atoms. The molecule has 1 heterocycles. The Hall–Kier alpha value is -1.29. The molecule has 0 saturated carbocycles. The van der Waals surface area contributed by atoms with E-state index in [1.54, 1.807) is 0 Å². The number of halogens is 5. The van der Waals surface area contributed by atoms with E-state index in [0.717, 1.165) is 0 Å². The SMILES string of the molecule is O=C(O)c1sc(CCOCC(F)F)nc1C(F)(F)F. The van der Waals surface area contributed by atoms with Gasteiger partial charge in [-0.15, -0.1) is 11.3 Å². The molecule has 1 rings (SSSR count). The van der Waals surface area contributed by atoms with Crippen molar-refractivity contribution in [2.45, 2.75) is 19.0 Å². The van der Waals surface area contributed by atoms with E-state index in [1.807, 2.05) is 0 Å². The third kappa shape index (κ3) is 4.71. The van der Waals surface area contributed by atoms with Gasteiger partial charge in [0, 0.05) is 6.42 Å². The Morgan fingerprint density at radius 2 is 2.05 bits per heavy atom. The maximum Gasteiger partial charge on any atom is 0.435 e. The van der Waals surface area contributed by atoms with Crippen molar-refractivity contribution < 1.29 is 36.6 Å². The number of alkyl halides is 5. The topological polar surface area (TPSA) is 59.4 Å². The Bertz CT molecular complexity index is 446. The molecule has 0 unspecified atom stereocenters. The number of carboxylic acids is 1. The van der Waals surface area contributed by atoms with Crippen molar-refractivity contribution in [1.82, 2.24) is 4.98 Å². The molecule has 1 aromatic heterocycles. The highest BCUT2D eigenvalue weighted by molar-refractivity contribution is 7.13. The van der Waals surface area contributed by atoms with Crippen molar-refractivity contribution >= 4 is 17.3 Å². The van der Waals surface area contributed by atoms with E-state index < -0.39 is 35.7 Å². The highest BCUT2D eigenvalue weighted by atomic mass is 32.1. The summed E-state index contributed by atoms with van der Waals surface area (Å²) in [7, 11) is 0. The molecular weight excluding hydrogens is 297 g/mol. The average molecular weight is 305 g/mol. The second kappa shape index (κ2) is 6.24. The fraction of sp³-hybridized carbons (Fsp3) is 0.556. The van der Waals surface area contributed by atoms with E-state index in [1.165, 1.54) is 0 Å². The van der Waals surface area contributed by atoms with Crippen molar-refractivity contribution in [3.8, 4) is 0 Å². The second-order valence-electron chi connectivity index (χ2n) is 3.30. The van der Waals surface area contributed by atoms with Crippen molar-refractivity contribution in [1.29, 1.82) is 0 Å². The zero-order chi connectivity index (χ0) is 14.6. The van der Waals surface area contributed by atoms with E-state index in [2.05, 4.69) is 9.72 Å². The number of nitrogens with zero attached hydrogens (tertiary/aromatic N) is 1. The van der Waals surface area contributed by atoms with Crippen LogP contribution in [-0.4, -0.2) is 35.7 Å². The molecule has 0 aliphatic rings. The molecule has 108 valence electrons. The lowest BCUT2D eigenvalue weighted by Gasteiger charge is -2.02. The summed E-state index contributed by atoms with van der Waals surface area (Å²) in [5, 5.41) is 8.50. The zero-order valence-electron chi connectivity index (χ0n) is 9.21. The van der Waals surface area contributed by atoms with Gasteiger partial charge >= 0.3 is 12.1 Å². The average Bonchev–Trinajstić information content (AvgIpc) is 2.68. The number of carboxylic acid groups (broad SMARTS) is 1. The van der Waals surface area contributed by atoms with Crippen LogP contribution in [0.2, 0.25) is 0 Å². The van der Waals surface area contributed by atoms with Gasteiger partial charge in [-0.1, -0.05) is 0 Å². The highest BCUT2D eigenvalue weighted by Gasteiger charge is 2.39. The maximum atomic E-state index is 12.5. The predicted octanol–water partition coefficient (Wildman–Crippen LogP) is 2.68. The number of rotatable bonds is 6. The van der Waals surface area contributed by atoms with Crippen LogP contribution in [0.4, 0.5) is 22.0 Å². The van der Waals surface area contributed by atoms with Gasteiger partial charge in [0.2, 0.25) is 0 Å². The fourth-order valence-corrected chi connectivity index (χ4v) is 2.04. The molecule has 0 saturated heterocycles. The lowest BCUT2D eigenvalue weighted by atomic mass is 10.3. The summed E-state index contributed by atoms with van der Waals surface area (Å²) in [5.41, 5.74) is -1.48. The Balaban J connectivity index is 2.73. The van der Waals surface area contributed by atoms with Gasteiger partial charge in [0.25, 0.3) is 6.43 Å². The number of carbonyl (C=O) groups is 1. The summed E-state index contributed by atoms with van der Waals surface area (Å²) in [6.45, 7) is -1.09. The third-order valence-corrected chi connectivity index (χ3v) is 2.94. The second-order valence-corrected chi connectivity index (χ2v) is 4.39. The van der Waals surface area contributed by atoms with Crippen LogP contribution in [0, 0.1) is 0 Å². The number of aromatic nitrogens is 1. The molecule has 0 bridgehead atoms. The molecular formula is C9H8F5NO3S. The summed E-state index contributed by atoms with van der Waals surface area (Å²) in [6, 6.07) is 0. The zero-order valence-corrected chi connectivity index (χ0v) is 10.0. The monoisotopic (exact) mass is 305 g/mol. The largest absolute Gasteiger partial charge is 0.477 e. The van der Waals surface area contributed by atoms with E-state index >= 15 is 0 Å². The summed E-state index contributed by atoms with van der Waals surface area (Å²) in [4.78, 5) is 12.9. The smallest absolute Gasteiger partial charge is 0.435 e. The first-order valence-corrected chi connectivity index (χ1v) is 5.69. The highest BCUT2D eigenvalue weighted by Crippen LogP contribution is 2.34. The van der Waals surface area contributed by atoms with Crippen LogP contribution in [0.1, 0.15) is 20.4 Å². The number of hydrogen-bond donors (Lipinski definition) is 1. The molecule has 0 atom stereocenters. The number of hydrogen-bond acceptors (Lipinski definition) is 4. The summed E-state index contributed by atoms with van der Waals surface area (Å²) >= 11 is 0.355. The normalized spacial score (nSPS) is 12.1. The Morgan fingerprint density at radius 1 is 1.42 bits per heavy atom. The molecule has 0 aromatic carbocycles. The number of ether oxygens (including phenoxy) is 1. The molecule has 0 aliphatic heterocycles. The van der Waals surface area contributed by atoms with Crippen LogP contribution in [0.15, 0.2) is 0 Å². The van der Waals surface area contributed by atoms with Gasteiger partial charge in [0.05, 0.1) is 11.6 Å². The first-order chi connectivity index (χ1) is 8.71. The standard InChI is InChI=1S/C9H8F5NO3S/c10-4(11)3-18-2-1-5-15-7(9(12,13)14)6(19-5)8(16)17/h4H,1-3H2,(H,16,17). The molecule has 1 N–H and O–H groups in total. The van der Waals surface area contributed by atoms with Gasteiger partial charge in [-0.2, -0.15) is 13.2 Å². The predicted molar refractivity (Wildman–Crippen MR) is 54.6 cm³/mol. The molecule has 0 aliphatic carbocycles. The van der Waals surface area contributed by atoms with Crippen LogP contribution < -0.4 is 0 Å². The van der Waals surface area contributed by atoms with Crippen LogP contribution >= 0.6 is 11.3 Å². The van der Waals surface area contributed by atoms with Gasteiger partial charge in [-0.25, -0.2) is 18.6 Å². The molecule has 0 radical (unpaired) electrons. The molecule has 19 heavy (non-hydrogen) atoms. The molecule has 4 nitrogen and oxygen atoms in total. The minimum atomic E-state index is -4.87. The van der Waals surface area contributed by atoms with Gasteiger partial charge in [-0.05, 0) is 0 Å². The molecule has 0 fully saturated rings. The van der Waals surface area contributed by atoms with Gasteiger partial charge in [0.1, 0.15) is 11.5 Å². The van der Waals surface area contributed by atoms with Gasteiger partial charge in [-0.3, -0.25) is 0 Å². The third-order valence-electron chi connectivity index (χ3n) is 1.84. The van der Waals surface area contributed by atoms with Crippen LogP contribution in [0.5, 0.6) is 0 Å². The first kappa shape index (κ1) is 15.8. The lowest BCUT2D eigenvalue weighted by Crippen LogP contribution is -2.11. The molecule has 0 amide bonds. The minimum Gasteiger partial charge on any atom is -0.477 e. The fourth-order valence-electron chi connectivity index (χ4n) is 1.14. The maximum absolute atomic E-state index is 12.5.